The minimum Gasteiger partial charge on any atom is -0.311 e. The largest absolute Gasteiger partial charge is 0.311 e. The van der Waals surface area contributed by atoms with E-state index in [0.29, 0.717) is 11.1 Å². The number of benzene rings is 2. The van der Waals surface area contributed by atoms with Crippen molar-refractivity contribution >= 4 is 10.1 Å². The number of hydrogen-bond donors (Lipinski definition) is 1. The van der Waals surface area contributed by atoms with Gasteiger partial charge in [-0.25, -0.2) is 4.39 Å². The molecule has 0 aromatic heterocycles. The lowest BCUT2D eigenvalue weighted by Crippen LogP contribution is -2.42. The summed E-state index contributed by atoms with van der Waals surface area (Å²) in [4.78, 5) is 0. The topological polar surface area (TPSA) is 79.2 Å². The van der Waals surface area contributed by atoms with Gasteiger partial charge in [-0.2, -0.15) is 13.7 Å². The molecule has 3 rings (SSSR count). The first-order valence-electron chi connectivity index (χ1n) is 8.74. The molecular formula is C20H21FN2O3S. The number of nitrogens with zero attached hydrogens (tertiary/aromatic N) is 1. The molecule has 0 saturated carbocycles. The third-order valence-electron chi connectivity index (χ3n) is 4.72. The minimum atomic E-state index is -3.73. The van der Waals surface area contributed by atoms with Crippen LogP contribution in [0.2, 0.25) is 0 Å². The van der Waals surface area contributed by atoms with Crippen molar-refractivity contribution in [1.29, 1.82) is 5.26 Å². The Labute approximate surface area is 158 Å². The zero-order valence-corrected chi connectivity index (χ0v) is 15.7. The molecule has 27 heavy (non-hydrogen) atoms. The van der Waals surface area contributed by atoms with E-state index >= 15 is 0 Å². The molecule has 7 heteroatoms. The average Bonchev–Trinajstić information content (AvgIpc) is 3.15. The Bertz CT molecular complexity index is 932. The Balaban J connectivity index is 2.11. The van der Waals surface area contributed by atoms with Gasteiger partial charge in [0, 0.05) is 12.0 Å². The van der Waals surface area contributed by atoms with Gasteiger partial charge < -0.3 is 5.32 Å². The molecule has 0 aliphatic carbocycles. The van der Waals surface area contributed by atoms with Gasteiger partial charge in [-0.05, 0) is 54.8 Å². The summed E-state index contributed by atoms with van der Waals surface area (Å²) in [5, 5.41) is 12.3. The van der Waals surface area contributed by atoms with Crippen LogP contribution in [0.25, 0.3) is 0 Å². The number of hydrogen-bond acceptors (Lipinski definition) is 5. The highest BCUT2D eigenvalue weighted by Gasteiger charge is 2.37. The van der Waals surface area contributed by atoms with Crippen LogP contribution in [-0.2, 0) is 14.3 Å². The summed E-state index contributed by atoms with van der Waals surface area (Å²) in [5.41, 5.74) is 1.89. The summed E-state index contributed by atoms with van der Waals surface area (Å²) < 4.78 is 43.4. The second-order valence-electron chi connectivity index (χ2n) is 6.73. The maximum Gasteiger partial charge on any atom is 0.264 e. The first kappa shape index (κ1) is 19.5. The van der Waals surface area contributed by atoms with Gasteiger partial charge in [0.2, 0.25) is 0 Å². The van der Waals surface area contributed by atoms with E-state index in [0.717, 1.165) is 31.2 Å². The first-order valence-corrected chi connectivity index (χ1v) is 10.6. The molecule has 1 fully saturated rings. The van der Waals surface area contributed by atoms with Crippen molar-refractivity contribution < 1.29 is 17.0 Å². The maximum atomic E-state index is 13.9. The van der Waals surface area contributed by atoms with Gasteiger partial charge in [0.25, 0.3) is 10.1 Å². The van der Waals surface area contributed by atoms with Gasteiger partial charge in [-0.15, -0.1) is 0 Å². The summed E-state index contributed by atoms with van der Waals surface area (Å²) in [6, 6.07) is 14.9. The Kier molecular flexibility index (Phi) is 5.90. The van der Waals surface area contributed by atoms with Gasteiger partial charge in [0.05, 0.1) is 17.9 Å². The summed E-state index contributed by atoms with van der Waals surface area (Å²) >= 11 is 0. The van der Waals surface area contributed by atoms with Crippen molar-refractivity contribution in [2.75, 3.05) is 12.8 Å². The van der Waals surface area contributed by atoms with E-state index < -0.39 is 28.0 Å². The molecule has 1 aliphatic rings. The molecule has 1 heterocycles. The molecule has 142 valence electrons. The van der Waals surface area contributed by atoms with E-state index in [-0.39, 0.29) is 6.04 Å². The molecule has 0 radical (unpaired) electrons. The smallest absolute Gasteiger partial charge is 0.264 e. The normalized spacial score (nSPS) is 19.4. The van der Waals surface area contributed by atoms with Crippen molar-refractivity contribution in [2.45, 2.75) is 30.9 Å². The quantitative estimate of drug-likeness (QED) is 0.770. The summed E-state index contributed by atoms with van der Waals surface area (Å²) in [5.74, 6) is -0.901. The van der Waals surface area contributed by atoms with Gasteiger partial charge in [0.15, 0.2) is 0 Å². The van der Waals surface area contributed by atoms with Crippen molar-refractivity contribution in [3.63, 3.8) is 0 Å². The van der Waals surface area contributed by atoms with Crippen LogP contribution in [0.5, 0.6) is 0 Å². The van der Waals surface area contributed by atoms with Gasteiger partial charge in [-0.3, -0.25) is 4.18 Å². The Morgan fingerprint density at radius 3 is 2.52 bits per heavy atom. The SMILES string of the molecule is CS(=O)(=O)O[C@H]([C@H](c1ccc(C#N)cc1)c1cccc(F)c1)[C@H]1CCCN1. The van der Waals surface area contributed by atoms with Crippen molar-refractivity contribution in [3.8, 4) is 6.07 Å². The van der Waals surface area contributed by atoms with E-state index in [1.54, 1.807) is 36.4 Å². The van der Waals surface area contributed by atoms with Crippen LogP contribution in [0, 0.1) is 17.1 Å². The highest BCUT2D eigenvalue weighted by molar-refractivity contribution is 7.86. The molecule has 0 spiro atoms. The van der Waals surface area contributed by atoms with E-state index in [1.807, 2.05) is 0 Å². The van der Waals surface area contributed by atoms with Crippen LogP contribution < -0.4 is 5.32 Å². The van der Waals surface area contributed by atoms with Crippen LogP contribution in [0.3, 0.4) is 0 Å². The molecule has 0 amide bonds. The van der Waals surface area contributed by atoms with Crippen LogP contribution in [0.15, 0.2) is 48.5 Å². The molecule has 2 aromatic carbocycles. The maximum absolute atomic E-state index is 13.9. The zero-order valence-electron chi connectivity index (χ0n) is 14.9. The predicted molar refractivity (Wildman–Crippen MR) is 100 cm³/mol. The lowest BCUT2D eigenvalue weighted by Gasteiger charge is -2.31. The van der Waals surface area contributed by atoms with Crippen LogP contribution in [0.4, 0.5) is 4.39 Å². The monoisotopic (exact) mass is 388 g/mol. The number of halogens is 1. The fourth-order valence-corrected chi connectivity index (χ4v) is 4.23. The lowest BCUT2D eigenvalue weighted by atomic mass is 9.83. The van der Waals surface area contributed by atoms with Gasteiger partial charge >= 0.3 is 0 Å². The van der Waals surface area contributed by atoms with Crippen LogP contribution in [0.1, 0.15) is 35.4 Å². The Morgan fingerprint density at radius 2 is 1.96 bits per heavy atom. The first-order chi connectivity index (χ1) is 12.9. The average molecular weight is 388 g/mol. The van der Waals surface area contributed by atoms with Crippen LogP contribution >= 0.6 is 0 Å². The molecule has 1 N–H and O–H groups in total. The van der Waals surface area contributed by atoms with E-state index in [1.165, 1.54) is 12.1 Å². The Morgan fingerprint density at radius 1 is 1.22 bits per heavy atom. The standard InChI is InChI=1S/C20H21FN2O3S/c1-27(24,25)26-20(18-6-3-11-23-18)19(16-4-2-5-17(21)12-16)15-9-7-14(13-22)8-10-15/h2,4-5,7-10,12,18-20,23H,3,6,11H2,1H3/t18-,19-,20+/m1/s1. The number of nitrogens with one attached hydrogen (secondary N) is 1. The van der Waals surface area contributed by atoms with Gasteiger partial charge in [-0.1, -0.05) is 24.3 Å². The third-order valence-corrected chi connectivity index (χ3v) is 5.29. The molecule has 0 unspecified atom stereocenters. The highest BCUT2D eigenvalue weighted by Crippen LogP contribution is 2.35. The molecular weight excluding hydrogens is 367 g/mol. The van der Waals surface area contributed by atoms with E-state index in [9.17, 15) is 12.8 Å². The number of rotatable bonds is 6. The fraction of sp³-hybridized carbons (Fsp3) is 0.350. The fourth-order valence-electron chi connectivity index (χ4n) is 3.59. The van der Waals surface area contributed by atoms with Crippen molar-refractivity contribution in [3.05, 3.63) is 71.0 Å². The molecule has 1 saturated heterocycles. The third kappa shape index (κ3) is 4.92. The number of nitriles is 1. The zero-order chi connectivity index (χ0) is 19.4. The second kappa shape index (κ2) is 8.17. The lowest BCUT2D eigenvalue weighted by molar-refractivity contribution is 0.153. The highest BCUT2D eigenvalue weighted by atomic mass is 32.2. The molecule has 2 aromatic rings. The summed E-state index contributed by atoms with van der Waals surface area (Å²) in [7, 11) is -3.73. The summed E-state index contributed by atoms with van der Waals surface area (Å²) in [6.45, 7) is 0.775. The van der Waals surface area contributed by atoms with Crippen molar-refractivity contribution in [2.24, 2.45) is 0 Å². The molecule has 1 aliphatic heterocycles. The van der Waals surface area contributed by atoms with Crippen molar-refractivity contribution in [1.82, 2.24) is 5.32 Å². The second-order valence-corrected chi connectivity index (χ2v) is 8.33. The predicted octanol–water partition coefficient (Wildman–Crippen LogP) is 2.93. The molecule has 0 bridgehead atoms. The Hall–Kier alpha value is -2.27. The van der Waals surface area contributed by atoms with E-state index in [4.69, 9.17) is 9.44 Å². The van der Waals surface area contributed by atoms with Gasteiger partial charge in [0.1, 0.15) is 11.9 Å². The molecule has 3 atom stereocenters. The minimum absolute atomic E-state index is 0.177. The van der Waals surface area contributed by atoms with E-state index in [2.05, 4.69) is 11.4 Å². The molecule has 5 nitrogen and oxygen atoms in total. The van der Waals surface area contributed by atoms with Crippen LogP contribution in [-0.4, -0.2) is 33.4 Å². The summed E-state index contributed by atoms with van der Waals surface area (Å²) in [6.07, 6.45) is 1.98.